The smallest absolute Gasteiger partial charge is 0.311 e. The van der Waals surface area contributed by atoms with Gasteiger partial charge in [-0.25, -0.2) is 9.37 Å². The van der Waals surface area contributed by atoms with E-state index in [4.69, 9.17) is 9.15 Å². The predicted octanol–water partition coefficient (Wildman–Crippen LogP) is 6.32. The van der Waals surface area contributed by atoms with E-state index in [0.717, 1.165) is 10.1 Å². The molecule has 0 aliphatic heterocycles. The highest BCUT2D eigenvalue weighted by molar-refractivity contribution is 5.85. The molecule has 2 aromatic heterocycles. The van der Waals surface area contributed by atoms with Gasteiger partial charge in [0.2, 0.25) is 5.82 Å². The van der Waals surface area contributed by atoms with E-state index in [0.29, 0.717) is 33.4 Å². The van der Waals surface area contributed by atoms with Crippen molar-refractivity contribution >= 4 is 33.8 Å². The van der Waals surface area contributed by atoms with Gasteiger partial charge in [0.1, 0.15) is 18.0 Å². The third-order valence-corrected chi connectivity index (χ3v) is 6.19. The van der Waals surface area contributed by atoms with Gasteiger partial charge in [0, 0.05) is 17.0 Å². The fourth-order valence-electron chi connectivity index (χ4n) is 4.27. The first-order valence-electron chi connectivity index (χ1n) is 12.2. The van der Waals surface area contributed by atoms with Crippen LogP contribution in [0.5, 0.6) is 5.75 Å². The zero-order chi connectivity index (χ0) is 27.6. The zero-order valence-corrected chi connectivity index (χ0v) is 20.7. The molecule has 6 aromatic rings. The maximum Gasteiger partial charge on any atom is 0.311 e. The molecule has 0 aliphatic rings. The molecule has 196 valence electrons. The Hall–Kier alpha value is -5.64. The molecule has 0 aliphatic carbocycles. The van der Waals surface area contributed by atoms with Crippen molar-refractivity contribution in [3.8, 4) is 17.3 Å². The van der Waals surface area contributed by atoms with Crippen molar-refractivity contribution in [2.75, 3.05) is 0 Å². The van der Waals surface area contributed by atoms with E-state index >= 15 is 0 Å². The van der Waals surface area contributed by atoms with Crippen molar-refractivity contribution in [2.24, 2.45) is 5.10 Å². The number of benzene rings is 4. The summed E-state index contributed by atoms with van der Waals surface area (Å²) in [7, 11) is 0. The number of nitro benzene ring substituents is 1. The van der Waals surface area contributed by atoms with E-state index in [1.54, 1.807) is 42.5 Å². The fraction of sp³-hybridized carbons (Fsp3) is 0.0333. The summed E-state index contributed by atoms with van der Waals surface area (Å²) in [6, 6.07) is 26.1. The maximum absolute atomic E-state index is 13.5. The van der Waals surface area contributed by atoms with Crippen LogP contribution >= 0.6 is 0 Å². The molecule has 2 heterocycles. The highest BCUT2D eigenvalue weighted by Crippen LogP contribution is 2.29. The lowest BCUT2D eigenvalue weighted by atomic mass is 10.2. The molecular formula is C30H19FN4O5. The molecule has 0 amide bonds. The van der Waals surface area contributed by atoms with Crippen LogP contribution in [0.15, 0.2) is 111 Å². The van der Waals surface area contributed by atoms with E-state index < -0.39 is 16.3 Å². The Morgan fingerprint density at radius 1 is 1.00 bits per heavy atom. The molecule has 0 bridgehead atoms. The minimum Gasteiger partial charge on any atom is -0.482 e. The Balaban J connectivity index is 1.38. The van der Waals surface area contributed by atoms with Crippen LogP contribution in [-0.4, -0.2) is 20.8 Å². The molecule has 9 nitrogen and oxygen atoms in total. The van der Waals surface area contributed by atoms with Gasteiger partial charge in [-0.05, 0) is 54.1 Å². The summed E-state index contributed by atoms with van der Waals surface area (Å²) < 4.78 is 26.1. The second-order valence-electron chi connectivity index (χ2n) is 8.87. The van der Waals surface area contributed by atoms with Crippen molar-refractivity contribution in [1.29, 1.82) is 0 Å². The van der Waals surface area contributed by atoms with E-state index in [9.17, 15) is 19.3 Å². The molecule has 0 N–H and O–H groups in total. The van der Waals surface area contributed by atoms with Crippen molar-refractivity contribution in [1.82, 2.24) is 9.66 Å². The number of nitrogens with zero attached hydrogens (tertiary/aromatic N) is 4. The van der Waals surface area contributed by atoms with Gasteiger partial charge in [0.05, 0.1) is 22.0 Å². The molecule has 0 atom stereocenters. The number of nitro groups is 1. The van der Waals surface area contributed by atoms with Gasteiger partial charge in [-0.15, -0.1) is 0 Å². The van der Waals surface area contributed by atoms with Crippen molar-refractivity contribution in [3.63, 3.8) is 0 Å². The van der Waals surface area contributed by atoms with Crippen molar-refractivity contribution in [3.05, 3.63) is 134 Å². The number of halogens is 1. The summed E-state index contributed by atoms with van der Waals surface area (Å²) in [4.78, 5) is 29.3. The predicted molar refractivity (Wildman–Crippen MR) is 148 cm³/mol. The number of fused-ring (bicyclic) bond motifs is 2. The van der Waals surface area contributed by atoms with Crippen LogP contribution in [0.25, 0.3) is 33.5 Å². The SMILES string of the molecule is O=c1c2ccccc2nc(-c2cc3ccccc3o2)n1N=Cc1ccc(OCc2cccc(F)c2)c([N+](=O)[O-])c1. The fourth-order valence-corrected chi connectivity index (χ4v) is 4.27. The molecule has 0 spiro atoms. The number of hydrogen-bond donors (Lipinski definition) is 0. The first-order valence-corrected chi connectivity index (χ1v) is 12.2. The molecule has 0 saturated heterocycles. The normalized spacial score (nSPS) is 11.4. The van der Waals surface area contributed by atoms with Gasteiger partial charge in [-0.1, -0.05) is 42.5 Å². The number of hydrogen-bond acceptors (Lipinski definition) is 7. The maximum atomic E-state index is 13.5. The lowest BCUT2D eigenvalue weighted by molar-refractivity contribution is -0.385. The largest absolute Gasteiger partial charge is 0.482 e. The molecule has 0 unspecified atom stereocenters. The lowest BCUT2D eigenvalue weighted by Crippen LogP contribution is -2.20. The van der Waals surface area contributed by atoms with Gasteiger partial charge in [-0.2, -0.15) is 9.78 Å². The third-order valence-electron chi connectivity index (χ3n) is 6.19. The van der Waals surface area contributed by atoms with Crippen LogP contribution < -0.4 is 10.3 Å². The molecular weight excluding hydrogens is 515 g/mol. The van der Waals surface area contributed by atoms with Crippen LogP contribution in [-0.2, 0) is 6.61 Å². The zero-order valence-electron chi connectivity index (χ0n) is 20.7. The third kappa shape index (κ3) is 4.81. The van der Waals surface area contributed by atoms with Crippen LogP contribution in [0.4, 0.5) is 10.1 Å². The first-order chi connectivity index (χ1) is 19.5. The summed E-state index contributed by atoms with van der Waals surface area (Å²) >= 11 is 0. The van der Waals surface area contributed by atoms with Crippen molar-refractivity contribution in [2.45, 2.75) is 6.61 Å². The van der Waals surface area contributed by atoms with Gasteiger partial charge in [0.25, 0.3) is 5.56 Å². The molecule has 10 heteroatoms. The lowest BCUT2D eigenvalue weighted by Gasteiger charge is -2.08. The molecule has 0 saturated carbocycles. The highest BCUT2D eigenvalue weighted by atomic mass is 19.1. The van der Waals surface area contributed by atoms with E-state index in [1.165, 1.54) is 36.5 Å². The van der Waals surface area contributed by atoms with Gasteiger partial charge in [-0.3, -0.25) is 14.9 Å². The van der Waals surface area contributed by atoms with Crippen LogP contribution in [0.3, 0.4) is 0 Å². The van der Waals surface area contributed by atoms with Crippen LogP contribution in [0.2, 0.25) is 0 Å². The van der Waals surface area contributed by atoms with Crippen LogP contribution in [0, 0.1) is 15.9 Å². The Morgan fingerprint density at radius 3 is 2.65 bits per heavy atom. The van der Waals surface area contributed by atoms with E-state index in [-0.39, 0.29) is 23.9 Å². The first kappa shape index (κ1) is 24.7. The monoisotopic (exact) mass is 534 g/mol. The number of furan rings is 1. The average molecular weight is 535 g/mol. The molecule has 40 heavy (non-hydrogen) atoms. The highest BCUT2D eigenvalue weighted by Gasteiger charge is 2.18. The summed E-state index contributed by atoms with van der Waals surface area (Å²) in [6.45, 7) is -0.0505. The Kier molecular flexibility index (Phi) is 6.33. The molecule has 0 fully saturated rings. The van der Waals surface area contributed by atoms with Crippen LogP contribution in [0.1, 0.15) is 11.1 Å². The summed E-state index contributed by atoms with van der Waals surface area (Å²) in [5.41, 5.74) is 1.25. The number of ether oxygens (including phenoxy) is 1. The Morgan fingerprint density at radius 2 is 1.82 bits per heavy atom. The minimum absolute atomic E-state index is 0.0129. The summed E-state index contributed by atoms with van der Waals surface area (Å²) in [5.74, 6) is 0.107. The minimum atomic E-state index is -0.582. The van der Waals surface area contributed by atoms with Gasteiger partial charge >= 0.3 is 5.69 Å². The second kappa shape index (κ2) is 10.3. The number of aromatic nitrogens is 2. The molecule has 0 radical (unpaired) electrons. The van der Waals surface area contributed by atoms with Crippen molar-refractivity contribution < 1.29 is 18.5 Å². The Bertz CT molecular complexity index is 1960. The average Bonchev–Trinajstić information content (AvgIpc) is 3.40. The summed E-state index contributed by atoms with van der Waals surface area (Å²) in [5, 5.41) is 17.3. The quantitative estimate of drug-likeness (QED) is 0.135. The summed E-state index contributed by atoms with van der Waals surface area (Å²) in [6.07, 6.45) is 1.33. The molecule has 4 aromatic carbocycles. The standard InChI is InChI=1S/C30H19FN4O5/c31-22-8-5-6-20(14-22)18-39-27-13-12-19(15-25(27)35(37)38)17-32-34-29(28-16-21-7-1-4-11-26(21)40-28)33-24-10-3-2-9-23(24)30(34)36/h1-17H,18H2. The second-order valence-corrected chi connectivity index (χ2v) is 8.87. The Labute approximate surface area is 225 Å². The topological polar surface area (TPSA) is 113 Å². The van der Waals surface area contributed by atoms with Gasteiger partial charge < -0.3 is 9.15 Å². The van der Waals surface area contributed by atoms with E-state index in [2.05, 4.69) is 10.1 Å². The van der Waals surface area contributed by atoms with E-state index in [1.807, 2.05) is 24.3 Å². The van der Waals surface area contributed by atoms with Gasteiger partial charge in [0.15, 0.2) is 11.5 Å². The number of rotatable bonds is 7. The number of para-hydroxylation sites is 2. The molecule has 6 rings (SSSR count).